The van der Waals surface area contributed by atoms with Gasteiger partial charge in [0.25, 0.3) is 5.91 Å². The van der Waals surface area contributed by atoms with Crippen molar-refractivity contribution in [2.45, 2.75) is 45.3 Å². The van der Waals surface area contributed by atoms with Gasteiger partial charge in [0.1, 0.15) is 12.2 Å². The van der Waals surface area contributed by atoms with Gasteiger partial charge in [0.2, 0.25) is 6.10 Å². The number of hydrogen-bond acceptors (Lipinski definition) is 5. The lowest BCUT2D eigenvalue weighted by Crippen LogP contribution is -2.48. The molecular formula is C21H30N2O5. The van der Waals surface area contributed by atoms with Crippen LogP contribution in [-0.2, 0) is 9.53 Å². The van der Waals surface area contributed by atoms with Crippen LogP contribution in [0.4, 0.5) is 4.79 Å². The van der Waals surface area contributed by atoms with Crippen LogP contribution >= 0.6 is 0 Å². The van der Waals surface area contributed by atoms with E-state index in [1.54, 1.807) is 22.9 Å². The predicted molar refractivity (Wildman–Crippen MR) is 105 cm³/mol. The highest BCUT2D eigenvalue weighted by Gasteiger charge is 2.32. The third kappa shape index (κ3) is 5.09. The van der Waals surface area contributed by atoms with Crippen LogP contribution in [0.25, 0.3) is 0 Å². The van der Waals surface area contributed by atoms with Gasteiger partial charge >= 0.3 is 6.09 Å². The molecule has 154 valence electrons. The smallest absolute Gasteiger partial charge is 0.410 e. The minimum Gasteiger partial charge on any atom is -0.485 e. The van der Waals surface area contributed by atoms with Gasteiger partial charge in [0.05, 0.1) is 0 Å². The summed E-state index contributed by atoms with van der Waals surface area (Å²) in [6, 6.07) is 7.37. The van der Waals surface area contributed by atoms with Gasteiger partial charge in [-0.2, -0.15) is 0 Å². The van der Waals surface area contributed by atoms with E-state index in [0.717, 1.165) is 12.8 Å². The maximum Gasteiger partial charge on any atom is 0.410 e. The Morgan fingerprint density at radius 1 is 1.18 bits per heavy atom. The fourth-order valence-corrected chi connectivity index (χ4v) is 3.49. The second-order valence-electron chi connectivity index (χ2n) is 8.49. The number of nitrogens with zero attached hydrogens (tertiary/aromatic N) is 2. The van der Waals surface area contributed by atoms with Crippen molar-refractivity contribution in [3.8, 4) is 11.5 Å². The van der Waals surface area contributed by atoms with Crippen molar-refractivity contribution in [3.63, 3.8) is 0 Å². The van der Waals surface area contributed by atoms with E-state index in [1.807, 2.05) is 39.0 Å². The van der Waals surface area contributed by atoms with Crippen LogP contribution in [0.5, 0.6) is 11.5 Å². The molecule has 7 heteroatoms. The molecule has 2 aliphatic rings. The first kappa shape index (κ1) is 20.3. The number of likely N-dealkylation sites (N-methyl/N-ethyl adjacent to an activating group) is 1. The molecule has 28 heavy (non-hydrogen) atoms. The minimum atomic E-state index is -0.623. The Kier molecular flexibility index (Phi) is 6.01. The summed E-state index contributed by atoms with van der Waals surface area (Å²) in [5, 5.41) is 0. The number of amides is 2. The molecule has 7 nitrogen and oxygen atoms in total. The van der Waals surface area contributed by atoms with Crippen LogP contribution in [0.1, 0.15) is 33.6 Å². The molecule has 1 aromatic carbocycles. The second kappa shape index (κ2) is 8.29. The summed E-state index contributed by atoms with van der Waals surface area (Å²) in [5.41, 5.74) is -0.485. The lowest BCUT2D eigenvalue weighted by Gasteiger charge is -2.35. The van der Waals surface area contributed by atoms with E-state index in [9.17, 15) is 9.59 Å². The van der Waals surface area contributed by atoms with Gasteiger partial charge in [0, 0.05) is 26.7 Å². The van der Waals surface area contributed by atoms with Crippen LogP contribution in [0.2, 0.25) is 0 Å². The number of carbonyl (C=O) groups is 2. The molecule has 0 spiro atoms. The largest absolute Gasteiger partial charge is 0.485 e. The van der Waals surface area contributed by atoms with Crippen molar-refractivity contribution < 1.29 is 23.8 Å². The predicted octanol–water partition coefficient (Wildman–Crippen LogP) is 2.93. The molecule has 0 aromatic heterocycles. The quantitative estimate of drug-likeness (QED) is 0.794. The first-order valence-electron chi connectivity index (χ1n) is 9.84. The Balaban J connectivity index is 1.46. The minimum absolute atomic E-state index is 0.0796. The van der Waals surface area contributed by atoms with Crippen molar-refractivity contribution in [2.24, 2.45) is 5.92 Å². The first-order chi connectivity index (χ1) is 13.2. The summed E-state index contributed by atoms with van der Waals surface area (Å²) in [7, 11) is 1.80. The number of likely N-dealkylation sites (tertiary alicyclic amines) is 1. The van der Waals surface area contributed by atoms with E-state index < -0.39 is 11.7 Å². The van der Waals surface area contributed by atoms with E-state index in [4.69, 9.17) is 14.2 Å². The molecule has 2 heterocycles. The summed E-state index contributed by atoms with van der Waals surface area (Å²) in [6.45, 7) is 7.77. The van der Waals surface area contributed by atoms with Gasteiger partial charge in [-0.05, 0) is 51.7 Å². The number of para-hydroxylation sites is 2. The molecule has 3 rings (SSSR count). The molecule has 1 saturated heterocycles. The Morgan fingerprint density at radius 3 is 2.46 bits per heavy atom. The summed E-state index contributed by atoms with van der Waals surface area (Å²) in [5.74, 6) is 1.54. The van der Waals surface area contributed by atoms with E-state index in [-0.39, 0.29) is 18.6 Å². The molecule has 1 atom stereocenters. The van der Waals surface area contributed by atoms with Crippen LogP contribution in [0.15, 0.2) is 24.3 Å². The third-order valence-corrected chi connectivity index (χ3v) is 4.96. The van der Waals surface area contributed by atoms with Crippen LogP contribution < -0.4 is 9.47 Å². The molecule has 0 radical (unpaired) electrons. The number of piperidine rings is 1. The van der Waals surface area contributed by atoms with Crippen LogP contribution in [0, 0.1) is 5.92 Å². The van der Waals surface area contributed by atoms with E-state index in [0.29, 0.717) is 37.1 Å². The van der Waals surface area contributed by atoms with E-state index in [1.165, 1.54) is 0 Å². The van der Waals surface area contributed by atoms with Gasteiger partial charge in [-0.15, -0.1) is 0 Å². The Morgan fingerprint density at radius 2 is 1.82 bits per heavy atom. The summed E-state index contributed by atoms with van der Waals surface area (Å²) in [4.78, 5) is 28.4. The highest BCUT2D eigenvalue weighted by molar-refractivity contribution is 5.81. The number of hydrogen-bond donors (Lipinski definition) is 0. The Bertz CT molecular complexity index is 707. The normalized spacial score (nSPS) is 19.9. The third-order valence-electron chi connectivity index (χ3n) is 4.96. The summed E-state index contributed by atoms with van der Waals surface area (Å²) >= 11 is 0. The van der Waals surface area contributed by atoms with Crippen LogP contribution in [0.3, 0.4) is 0 Å². The summed E-state index contributed by atoms with van der Waals surface area (Å²) < 4.78 is 16.9. The van der Waals surface area contributed by atoms with Crippen molar-refractivity contribution in [1.82, 2.24) is 9.80 Å². The number of fused-ring (bicyclic) bond motifs is 1. The zero-order valence-electron chi connectivity index (χ0n) is 17.1. The lowest BCUT2D eigenvalue weighted by molar-refractivity contribution is -0.140. The van der Waals surface area contributed by atoms with Crippen molar-refractivity contribution in [2.75, 3.05) is 33.3 Å². The average molecular weight is 390 g/mol. The molecular weight excluding hydrogens is 360 g/mol. The molecule has 1 aromatic rings. The average Bonchev–Trinajstić information content (AvgIpc) is 2.66. The number of ether oxygens (including phenoxy) is 3. The van der Waals surface area contributed by atoms with Gasteiger partial charge in [-0.1, -0.05) is 12.1 Å². The Labute approximate surface area is 166 Å². The Hall–Kier alpha value is -2.44. The highest BCUT2D eigenvalue weighted by Crippen LogP contribution is 2.31. The molecule has 2 aliphatic heterocycles. The second-order valence-corrected chi connectivity index (χ2v) is 8.49. The van der Waals surface area contributed by atoms with Gasteiger partial charge in [-0.3, -0.25) is 4.79 Å². The van der Waals surface area contributed by atoms with Crippen molar-refractivity contribution in [3.05, 3.63) is 24.3 Å². The molecule has 1 fully saturated rings. The topological polar surface area (TPSA) is 68.3 Å². The van der Waals surface area contributed by atoms with Crippen LogP contribution in [-0.4, -0.2) is 66.8 Å². The van der Waals surface area contributed by atoms with E-state index >= 15 is 0 Å². The standard InChI is InChI=1S/C21H30N2O5/c1-21(2,3)28-20(25)23-11-9-15(10-12-23)13-22(4)19(24)18-14-26-16-7-5-6-8-17(16)27-18/h5-8,15,18H,9-14H2,1-4H3/t18-/m1/s1. The number of carbonyl (C=O) groups excluding carboxylic acids is 2. The molecule has 0 aliphatic carbocycles. The maximum atomic E-state index is 12.7. The van der Waals surface area contributed by atoms with Crippen molar-refractivity contribution >= 4 is 12.0 Å². The highest BCUT2D eigenvalue weighted by atomic mass is 16.6. The monoisotopic (exact) mass is 390 g/mol. The fraction of sp³-hybridized carbons (Fsp3) is 0.619. The fourth-order valence-electron chi connectivity index (χ4n) is 3.49. The SMILES string of the molecule is CN(CC1CCN(C(=O)OC(C)(C)C)CC1)C(=O)[C@H]1COc2ccccc2O1. The lowest BCUT2D eigenvalue weighted by atomic mass is 9.96. The maximum absolute atomic E-state index is 12.7. The molecule has 0 bridgehead atoms. The number of benzene rings is 1. The zero-order chi connectivity index (χ0) is 20.3. The van der Waals surface area contributed by atoms with E-state index in [2.05, 4.69) is 0 Å². The zero-order valence-corrected chi connectivity index (χ0v) is 17.1. The molecule has 0 N–H and O–H groups in total. The van der Waals surface area contributed by atoms with Crippen molar-refractivity contribution in [1.29, 1.82) is 0 Å². The van der Waals surface area contributed by atoms with Gasteiger partial charge in [-0.25, -0.2) is 4.79 Å². The summed E-state index contributed by atoms with van der Waals surface area (Å²) in [6.07, 6.45) is 0.812. The van der Waals surface area contributed by atoms with Gasteiger partial charge < -0.3 is 24.0 Å². The molecule has 0 unspecified atom stereocenters. The first-order valence-corrected chi connectivity index (χ1v) is 9.84. The molecule has 2 amide bonds. The molecule has 0 saturated carbocycles. The van der Waals surface area contributed by atoms with Gasteiger partial charge in [0.15, 0.2) is 11.5 Å². The number of rotatable bonds is 3.